The summed E-state index contributed by atoms with van der Waals surface area (Å²) in [7, 11) is 1.51. The van der Waals surface area contributed by atoms with Crippen molar-refractivity contribution in [2.45, 2.75) is 19.9 Å². The average molecular weight is 340 g/mol. The third-order valence-electron chi connectivity index (χ3n) is 3.03. The number of nitrogens with zero attached hydrogens (tertiary/aromatic N) is 2. The van der Waals surface area contributed by atoms with Crippen molar-refractivity contribution < 1.29 is 9.53 Å². The molecule has 0 aliphatic carbocycles. The van der Waals surface area contributed by atoms with Crippen molar-refractivity contribution in [3.8, 4) is 5.75 Å². The fraction of sp³-hybridized carbons (Fsp3) is 0.333. The Morgan fingerprint density at radius 2 is 2.27 bits per heavy atom. The molecule has 0 spiro atoms. The molecule has 1 heterocycles. The number of hydrogen-bond acceptors (Lipinski definition) is 4. The molecule has 0 bridgehead atoms. The fourth-order valence-corrected chi connectivity index (χ4v) is 3.04. The largest absolute Gasteiger partial charge is 0.496 e. The van der Waals surface area contributed by atoms with Crippen LogP contribution >= 0.6 is 22.9 Å². The third kappa shape index (κ3) is 3.97. The number of methoxy groups -OCH3 is 1. The van der Waals surface area contributed by atoms with E-state index in [-0.39, 0.29) is 5.91 Å². The minimum absolute atomic E-state index is 0.353. The highest BCUT2D eigenvalue weighted by molar-refractivity contribution is 7.09. The molecule has 22 heavy (non-hydrogen) atoms. The van der Waals surface area contributed by atoms with E-state index in [1.165, 1.54) is 18.4 Å². The number of rotatable bonds is 5. The van der Waals surface area contributed by atoms with E-state index in [2.05, 4.69) is 4.99 Å². The van der Waals surface area contributed by atoms with Gasteiger partial charge in [0.1, 0.15) is 5.75 Å². The number of amides is 1. The number of ether oxygens (including phenoxy) is 1. The number of carbonyl (C=O) groups is 1. The van der Waals surface area contributed by atoms with E-state index in [9.17, 15) is 4.79 Å². The fourth-order valence-electron chi connectivity index (χ4n) is 2.01. The molecular weight excluding hydrogens is 322 g/mol. The Labute approximate surface area is 138 Å². The number of benzene rings is 1. The number of halogens is 1. The van der Waals surface area contributed by atoms with Crippen molar-refractivity contribution in [2.75, 3.05) is 13.7 Å². The molecular formula is C15H18ClN3O2S. The van der Waals surface area contributed by atoms with Crippen LogP contribution in [0, 0.1) is 6.92 Å². The topological polar surface area (TPSA) is 69.6 Å². The molecule has 0 radical (unpaired) electrons. The van der Waals surface area contributed by atoms with Crippen molar-refractivity contribution in [1.82, 2.24) is 4.57 Å². The molecule has 0 aliphatic rings. The minimum Gasteiger partial charge on any atom is -0.496 e. The number of thiazole rings is 1. The van der Waals surface area contributed by atoms with Crippen LogP contribution in [0.2, 0.25) is 5.02 Å². The highest BCUT2D eigenvalue weighted by Gasteiger charge is 2.13. The molecule has 2 N–H and O–H groups in total. The van der Waals surface area contributed by atoms with Gasteiger partial charge in [-0.25, -0.2) is 0 Å². The van der Waals surface area contributed by atoms with Crippen LogP contribution in [0.5, 0.6) is 5.75 Å². The molecule has 7 heteroatoms. The maximum atomic E-state index is 12.4. The van der Waals surface area contributed by atoms with Gasteiger partial charge in [-0.2, -0.15) is 4.99 Å². The minimum atomic E-state index is -0.373. The molecule has 1 aromatic heterocycles. The first-order valence-electron chi connectivity index (χ1n) is 6.84. The van der Waals surface area contributed by atoms with Crippen LogP contribution in [0.4, 0.5) is 0 Å². The Kier molecular flexibility index (Phi) is 5.76. The Bertz CT molecular complexity index is 737. The summed E-state index contributed by atoms with van der Waals surface area (Å²) < 4.78 is 7.15. The summed E-state index contributed by atoms with van der Waals surface area (Å²) in [6.07, 6.45) is 2.81. The summed E-state index contributed by atoms with van der Waals surface area (Å²) in [5.74, 6) is 0.0858. The molecule has 0 fully saturated rings. The lowest BCUT2D eigenvalue weighted by Gasteiger charge is -2.05. The van der Waals surface area contributed by atoms with Crippen LogP contribution in [0.25, 0.3) is 0 Å². The molecule has 0 saturated heterocycles. The number of aryl methyl sites for hydroxylation is 2. The van der Waals surface area contributed by atoms with E-state index < -0.39 is 0 Å². The van der Waals surface area contributed by atoms with Gasteiger partial charge >= 0.3 is 0 Å². The van der Waals surface area contributed by atoms with E-state index in [0.29, 0.717) is 27.7 Å². The van der Waals surface area contributed by atoms with Gasteiger partial charge in [-0.1, -0.05) is 11.6 Å². The summed E-state index contributed by atoms with van der Waals surface area (Å²) in [4.78, 5) is 18.4. The standard InChI is InChI=1S/C15H18ClN3O2S/c1-10-9-19(7-3-6-17)15(22-10)18-14(20)12-8-11(16)4-5-13(12)21-2/h4-5,8-9H,3,6-7,17H2,1-2H3. The lowest BCUT2D eigenvalue weighted by Crippen LogP contribution is -2.18. The molecule has 1 amide bonds. The molecule has 5 nitrogen and oxygen atoms in total. The van der Waals surface area contributed by atoms with Crippen LogP contribution in [0.15, 0.2) is 29.4 Å². The van der Waals surface area contributed by atoms with Crippen LogP contribution in [-0.4, -0.2) is 24.1 Å². The summed E-state index contributed by atoms with van der Waals surface area (Å²) >= 11 is 7.43. The van der Waals surface area contributed by atoms with Gasteiger partial charge in [0, 0.05) is 22.6 Å². The first-order valence-corrected chi connectivity index (χ1v) is 8.04. The molecule has 118 valence electrons. The average Bonchev–Trinajstić information content (AvgIpc) is 2.84. The van der Waals surface area contributed by atoms with Crippen molar-refractivity contribution >= 4 is 28.8 Å². The van der Waals surface area contributed by atoms with E-state index in [0.717, 1.165) is 17.8 Å². The van der Waals surface area contributed by atoms with Gasteiger partial charge in [0.25, 0.3) is 5.91 Å². The van der Waals surface area contributed by atoms with Crippen molar-refractivity contribution in [2.24, 2.45) is 10.7 Å². The molecule has 0 unspecified atom stereocenters. The number of nitrogens with two attached hydrogens (primary N) is 1. The number of carbonyl (C=O) groups excluding carboxylic acids is 1. The first kappa shape index (κ1) is 16.7. The third-order valence-corrected chi connectivity index (χ3v) is 4.20. The van der Waals surface area contributed by atoms with E-state index in [4.69, 9.17) is 22.1 Å². The highest BCUT2D eigenvalue weighted by Crippen LogP contribution is 2.23. The number of aromatic nitrogens is 1. The second-order valence-corrected chi connectivity index (χ2v) is 6.37. The second kappa shape index (κ2) is 7.58. The Balaban J connectivity index is 2.41. The normalized spacial score (nSPS) is 11.7. The van der Waals surface area contributed by atoms with Crippen LogP contribution in [-0.2, 0) is 6.54 Å². The van der Waals surface area contributed by atoms with Gasteiger partial charge in [-0.15, -0.1) is 11.3 Å². The maximum absolute atomic E-state index is 12.4. The molecule has 0 aliphatic heterocycles. The highest BCUT2D eigenvalue weighted by atomic mass is 35.5. The predicted octanol–water partition coefficient (Wildman–Crippen LogP) is 2.61. The van der Waals surface area contributed by atoms with Crippen LogP contribution in [0.3, 0.4) is 0 Å². The lowest BCUT2D eigenvalue weighted by atomic mass is 10.2. The zero-order valence-electron chi connectivity index (χ0n) is 12.5. The summed E-state index contributed by atoms with van der Waals surface area (Å²) in [5, 5.41) is 0.470. The van der Waals surface area contributed by atoms with Gasteiger partial charge in [0.2, 0.25) is 0 Å². The second-order valence-electron chi connectivity index (χ2n) is 4.72. The summed E-state index contributed by atoms with van der Waals surface area (Å²) in [5.41, 5.74) is 5.89. The Morgan fingerprint density at radius 1 is 1.50 bits per heavy atom. The van der Waals surface area contributed by atoms with Crippen LogP contribution in [0.1, 0.15) is 21.7 Å². The zero-order valence-corrected chi connectivity index (χ0v) is 14.1. The Hall–Kier alpha value is -1.63. The molecule has 0 atom stereocenters. The van der Waals surface area contributed by atoms with Crippen LogP contribution < -0.4 is 15.3 Å². The van der Waals surface area contributed by atoms with E-state index in [1.807, 2.05) is 17.7 Å². The SMILES string of the molecule is COc1ccc(Cl)cc1C(=O)N=c1sc(C)cn1CCCN. The lowest BCUT2D eigenvalue weighted by molar-refractivity contribution is 0.0995. The Morgan fingerprint density at radius 3 is 2.95 bits per heavy atom. The van der Waals surface area contributed by atoms with Gasteiger partial charge < -0.3 is 15.0 Å². The monoisotopic (exact) mass is 339 g/mol. The van der Waals surface area contributed by atoms with Crippen molar-refractivity contribution in [1.29, 1.82) is 0 Å². The molecule has 2 aromatic rings. The zero-order chi connectivity index (χ0) is 16.1. The summed E-state index contributed by atoms with van der Waals surface area (Å²) in [6.45, 7) is 3.31. The smallest absolute Gasteiger partial charge is 0.283 e. The van der Waals surface area contributed by atoms with E-state index >= 15 is 0 Å². The van der Waals surface area contributed by atoms with Gasteiger partial charge in [-0.05, 0) is 38.1 Å². The maximum Gasteiger partial charge on any atom is 0.283 e. The van der Waals surface area contributed by atoms with Gasteiger partial charge in [-0.3, -0.25) is 4.79 Å². The van der Waals surface area contributed by atoms with Gasteiger partial charge in [0.05, 0.1) is 12.7 Å². The van der Waals surface area contributed by atoms with Crippen molar-refractivity contribution in [3.63, 3.8) is 0 Å². The molecule has 2 rings (SSSR count). The van der Waals surface area contributed by atoms with E-state index in [1.54, 1.807) is 18.2 Å². The number of hydrogen-bond donors (Lipinski definition) is 1. The quantitative estimate of drug-likeness (QED) is 0.910. The van der Waals surface area contributed by atoms with Gasteiger partial charge in [0.15, 0.2) is 4.80 Å². The first-order chi connectivity index (χ1) is 10.5. The predicted molar refractivity (Wildman–Crippen MR) is 88.6 cm³/mol. The molecule has 1 aromatic carbocycles. The summed E-state index contributed by atoms with van der Waals surface area (Å²) in [6, 6.07) is 4.90. The van der Waals surface area contributed by atoms with Crippen molar-refractivity contribution in [3.05, 3.63) is 44.7 Å². The molecule has 0 saturated carbocycles.